The second-order valence-corrected chi connectivity index (χ2v) is 4.14. The summed E-state index contributed by atoms with van der Waals surface area (Å²) in [5.41, 5.74) is 3.26. The number of benzene rings is 1. The molecule has 1 amide bonds. The monoisotopic (exact) mass is 256 g/mol. The molecule has 0 saturated carbocycles. The first kappa shape index (κ1) is 11.2. The minimum atomic E-state index is -0.139. The molecule has 0 aliphatic heterocycles. The molecule has 1 atom stereocenters. The van der Waals surface area contributed by atoms with Gasteiger partial charge >= 0.3 is 0 Å². The molecule has 0 saturated heterocycles. The molecule has 1 aromatic rings. The molecule has 3 nitrogen and oxygen atoms in total. The van der Waals surface area contributed by atoms with Gasteiger partial charge in [-0.1, -0.05) is 35.0 Å². The summed E-state index contributed by atoms with van der Waals surface area (Å²) in [6.45, 7) is 2.00. The fourth-order valence-corrected chi connectivity index (χ4v) is 1.51. The van der Waals surface area contributed by atoms with Crippen molar-refractivity contribution < 1.29 is 4.79 Å². The van der Waals surface area contributed by atoms with Gasteiger partial charge in [0.15, 0.2) is 0 Å². The normalized spacial score (nSPS) is 12.2. The molecule has 1 aromatic carbocycles. The maximum Gasteiger partial charge on any atom is 0.234 e. The van der Waals surface area contributed by atoms with Crippen molar-refractivity contribution in [2.45, 2.75) is 19.3 Å². The molecule has 14 heavy (non-hydrogen) atoms. The van der Waals surface area contributed by atoms with Crippen LogP contribution in [-0.4, -0.2) is 5.91 Å². The van der Waals surface area contributed by atoms with Gasteiger partial charge in [-0.25, -0.2) is 5.84 Å². The lowest BCUT2D eigenvalue weighted by Crippen LogP contribution is -2.30. The summed E-state index contributed by atoms with van der Waals surface area (Å²) in [5, 5.41) is 0. The molecule has 3 N–H and O–H groups in total. The predicted octanol–water partition coefficient (Wildman–Crippen LogP) is 1.93. The first-order valence-electron chi connectivity index (χ1n) is 4.38. The Labute approximate surface area is 91.8 Å². The third-order valence-electron chi connectivity index (χ3n) is 2.09. The fraction of sp³-hybridized carbons (Fsp3) is 0.300. The molecule has 1 rings (SSSR count). The number of halogens is 1. The SMILES string of the molecule is CC(CC(=O)NN)c1ccc(Br)cc1. The van der Waals surface area contributed by atoms with Crippen LogP contribution in [0.15, 0.2) is 28.7 Å². The van der Waals surface area contributed by atoms with Crippen molar-refractivity contribution in [2.75, 3.05) is 0 Å². The molecule has 0 bridgehead atoms. The summed E-state index contributed by atoms with van der Waals surface area (Å²) in [6, 6.07) is 7.93. The minimum Gasteiger partial charge on any atom is -0.294 e. The maximum absolute atomic E-state index is 11.0. The number of hydrazine groups is 1. The van der Waals surface area contributed by atoms with Gasteiger partial charge in [0.2, 0.25) is 5.91 Å². The van der Waals surface area contributed by atoms with E-state index >= 15 is 0 Å². The van der Waals surface area contributed by atoms with Crippen LogP contribution in [0.1, 0.15) is 24.8 Å². The zero-order valence-corrected chi connectivity index (χ0v) is 9.54. The van der Waals surface area contributed by atoms with Crippen LogP contribution in [0.2, 0.25) is 0 Å². The van der Waals surface area contributed by atoms with E-state index in [1.807, 2.05) is 31.2 Å². The highest BCUT2D eigenvalue weighted by molar-refractivity contribution is 9.10. The van der Waals surface area contributed by atoms with Crippen LogP contribution in [0.4, 0.5) is 0 Å². The molecular weight excluding hydrogens is 244 g/mol. The van der Waals surface area contributed by atoms with Gasteiger partial charge in [0.1, 0.15) is 0 Å². The van der Waals surface area contributed by atoms with Crippen LogP contribution in [0.25, 0.3) is 0 Å². The standard InChI is InChI=1S/C10H13BrN2O/c1-7(6-10(14)13-12)8-2-4-9(11)5-3-8/h2-5,7H,6,12H2,1H3,(H,13,14). The van der Waals surface area contributed by atoms with Gasteiger partial charge < -0.3 is 0 Å². The minimum absolute atomic E-state index is 0.139. The van der Waals surface area contributed by atoms with E-state index in [9.17, 15) is 4.79 Å². The number of carbonyl (C=O) groups excluding carboxylic acids is 1. The van der Waals surface area contributed by atoms with Crippen molar-refractivity contribution in [3.63, 3.8) is 0 Å². The summed E-state index contributed by atoms with van der Waals surface area (Å²) in [5.74, 6) is 5.06. The zero-order valence-electron chi connectivity index (χ0n) is 7.96. The summed E-state index contributed by atoms with van der Waals surface area (Å²) in [4.78, 5) is 11.0. The Bertz CT molecular complexity index is 310. The largest absolute Gasteiger partial charge is 0.294 e. The Balaban J connectivity index is 2.65. The molecule has 4 heteroatoms. The quantitative estimate of drug-likeness (QED) is 0.494. The van der Waals surface area contributed by atoms with E-state index < -0.39 is 0 Å². The number of rotatable bonds is 3. The van der Waals surface area contributed by atoms with Crippen molar-refractivity contribution in [1.82, 2.24) is 5.43 Å². The number of carbonyl (C=O) groups is 1. The van der Waals surface area contributed by atoms with Crippen molar-refractivity contribution in [3.8, 4) is 0 Å². The molecule has 76 valence electrons. The lowest BCUT2D eigenvalue weighted by atomic mass is 9.98. The highest BCUT2D eigenvalue weighted by Crippen LogP contribution is 2.20. The van der Waals surface area contributed by atoms with Crippen LogP contribution >= 0.6 is 15.9 Å². The fourth-order valence-electron chi connectivity index (χ4n) is 1.25. The molecule has 0 spiro atoms. The van der Waals surface area contributed by atoms with Crippen LogP contribution in [0.3, 0.4) is 0 Å². The van der Waals surface area contributed by atoms with Gasteiger partial charge in [-0.2, -0.15) is 0 Å². The average Bonchev–Trinajstić information content (AvgIpc) is 2.18. The highest BCUT2D eigenvalue weighted by Gasteiger charge is 2.09. The summed E-state index contributed by atoms with van der Waals surface area (Å²) in [6.07, 6.45) is 0.415. The number of hydrogen-bond acceptors (Lipinski definition) is 2. The van der Waals surface area contributed by atoms with Crippen LogP contribution < -0.4 is 11.3 Å². The van der Waals surface area contributed by atoms with E-state index in [1.165, 1.54) is 0 Å². The molecule has 0 aromatic heterocycles. The second kappa shape index (κ2) is 5.12. The van der Waals surface area contributed by atoms with Crippen molar-refractivity contribution >= 4 is 21.8 Å². The van der Waals surface area contributed by atoms with Gasteiger partial charge in [-0.3, -0.25) is 10.2 Å². The molecule has 0 radical (unpaired) electrons. The molecule has 0 aliphatic rings. The van der Waals surface area contributed by atoms with E-state index in [-0.39, 0.29) is 11.8 Å². The Morgan fingerprint density at radius 2 is 2.07 bits per heavy atom. The third-order valence-corrected chi connectivity index (χ3v) is 2.62. The Kier molecular flexibility index (Phi) is 4.10. The summed E-state index contributed by atoms with van der Waals surface area (Å²) >= 11 is 3.36. The van der Waals surface area contributed by atoms with Crippen LogP contribution in [0, 0.1) is 0 Å². The summed E-state index contributed by atoms with van der Waals surface area (Å²) < 4.78 is 1.04. The van der Waals surface area contributed by atoms with E-state index in [1.54, 1.807) is 0 Å². The molecular formula is C10H13BrN2O. The summed E-state index contributed by atoms with van der Waals surface area (Å²) in [7, 11) is 0. The number of nitrogens with one attached hydrogen (secondary N) is 1. The van der Waals surface area contributed by atoms with Crippen molar-refractivity contribution in [3.05, 3.63) is 34.3 Å². The van der Waals surface area contributed by atoms with Crippen molar-refractivity contribution in [1.29, 1.82) is 0 Å². The Morgan fingerprint density at radius 1 is 1.50 bits per heavy atom. The van der Waals surface area contributed by atoms with E-state index in [4.69, 9.17) is 5.84 Å². The zero-order chi connectivity index (χ0) is 10.6. The average molecular weight is 257 g/mol. The number of nitrogens with two attached hydrogens (primary N) is 1. The maximum atomic E-state index is 11.0. The first-order valence-corrected chi connectivity index (χ1v) is 5.17. The Morgan fingerprint density at radius 3 is 2.57 bits per heavy atom. The number of hydrogen-bond donors (Lipinski definition) is 2. The van der Waals surface area contributed by atoms with Crippen molar-refractivity contribution in [2.24, 2.45) is 5.84 Å². The number of amides is 1. The van der Waals surface area contributed by atoms with E-state index in [2.05, 4.69) is 21.4 Å². The lowest BCUT2D eigenvalue weighted by Gasteiger charge is -2.10. The third kappa shape index (κ3) is 3.12. The van der Waals surface area contributed by atoms with Crippen LogP contribution in [-0.2, 0) is 4.79 Å². The Hall–Kier alpha value is -0.870. The van der Waals surface area contributed by atoms with Gasteiger partial charge in [-0.15, -0.1) is 0 Å². The van der Waals surface area contributed by atoms with E-state index in [0.29, 0.717) is 6.42 Å². The van der Waals surface area contributed by atoms with Gasteiger partial charge in [0.25, 0.3) is 0 Å². The topological polar surface area (TPSA) is 55.1 Å². The predicted molar refractivity (Wildman–Crippen MR) is 59.5 cm³/mol. The lowest BCUT2D eigenvalue weighted by molar-refractivity contribution is -0.121. The van der Waals surface area contributed by atoms with Gasteiger partial charge in [0.05, 0.1) is 0 Å². The second-order valence-electron chi connectivity index (χ2n) is 3.22. The van der Waals surface area contributed by atoms with Gasteiger partial charge in [0, 0.05) is 10.9 Å². The smallest absolute Gasteiger partial charge is 0.234 e. The van der Waals surface area contributed by atoms with E-state index in [0.717, 1.165) is 10.0 Å². The van der Waals surface area contributed by atoms with Gasteiger partial charge in [-0.05, 0) is 23.6 Å². The molecule has 0 aliphatic carbocycles. The molecule has 0 fully saturated rings. The first-order chi connectivity index (χ1) is 6.63. The molecule has 1 unspecified atom stereocenters. The van der Waals surface area contributed by atoms with Crippen LogP contribution in [0.5, 0.6) is 0 Å². The molecule has 0 heterocycles. The highest BCUT2D eigenvalue weighted by atomic mass is 79.9.